The molecule has 19 heavy (non-hydrogen) atoms. The van der Waals surface area contributed by atoms with E-state index >= 15 is 0 Å². The molecular weight excluding hydrogens is 264 g/mol. The van der Waals surface area contributed by atoms with Crippen molar-refractivity contribution in [2.45, 2.75) is 36.7 Å². The highest BCUT2D eigenvalue weighted by atomic mass is 32.2. The van der Waals surface area contributed by atoms with Crippen LogP contribution in [0, 0.1) is 5.92 Å². The van der Waals surface area contributed by atoms with Gasteiger partial charge in [0, 0.05) is 12.2 Å². The fourth-order valence-corrected chi connectivity index (χ4v) is 2.99. The van der Waals surface area contributed by atoms with Crippen molar-refractivity contribution in [1.82, 2.24) is 0 Å². The van der Waals surface area contributed by atoms with Crippen molar-refractivity contribution < 1.29 is 13.5 Å². The molecule has 2 rings (SSSR count). The van der Waals surface area contributed by atoms with Gasteiger partial charge in [-0.2, -0.15) is 0 Å². The number of aliphatic hydroxyl groups excluding tert-OH is 1. The second kappa shape index (κ2) is 5.90. The van der Waals surface area contributed by atoms with Gasteiger partial charge in [-0.1, -0.05) is 6.42 Å². The van der Waals surface area contributed by atoms with Gasteiger partial charge in [-0.3, -0.25) is 0 Å². The number of rotatable bonds is 4. The molecule has 1 aliphatic carbocycles. The molecule has 0 aliphatic heterocycles. The average Bonchev–Trinajstić information content (AvgIpc) is 2.36. The normalized spacial score (nSPS) is 24.1. The van der Waals surface area contributed by atoms with Gasteiger partial charge in [-0.15, -0.1) is 0 Å². The Kier molecular flexibility index (Phi) is 4.44. The summed E-state index contributed by atoms with van der Waals surface area (Å²) in [4.78, 5) is 0.117. The summed E-state index contributed by atoms with van der Waals surface area (Å²) in [6, 6.07) is 6.40. The third kappa shape index (κ3) is 4.19. The zero-order valence-corrected chi connectivity index (χ0v) is 11.6. The first kappa shape index (κ1) is 14.3. The van der Waals surface area contributed by atoms with Crippen LogP contribution < -0.4 is 10.5 Å². The summed E-state index contributed by atoms with van der Waals surface area (Å²) in [5.74, 6) is 0.474. The molecule has 0 radical (unpaired) electrons. The standard InChI is InChI=1S/C13H20N2O3S/c14-19(17,18)13-6-4-11(5-7-13)15-9-10-2-1-3-12(16)8-10/h4-7,10,12,15-16H,1-3,8-9H2,(H2,14,17,18). The molecule has 1 aliphatic rings. The van der Waals surface area contributed by atoms with Crippen LogP contribution in [0.2, 0.25) is 0 Å². The molecule has 6 heteroatoms. The van der Waals surface area contributed by atoms with Gasteiger partial charge in [0.05, 0.1) is 11.0 Å². The van der Waals surface area contributed by atoms with Gasteiger partial charge in [0.2, 0.25) is 10.0 Å². The summed E-state index contributed by atoms with van der Waals surface area (Å²) in [6.07, 6.45) is 3.75. The number of aliphatic hydroxyl groups is 1. The Labute approximate surface area is 113 Å². The second-order valence-corrected chi connectivity index (χ2v) is 6.70. The molecule has 4 N–H and O–H groups in total. The van der Waals surface area contributed by atoms with Crippen LogP contribution in [0.4, 0.5) is 5.69 Å². The number of benzene rings is 1. The first-order chi connectivity index (χ1) is 8.95. The number of hydrogen-bond acceptors (Lipinski definition) is 4. The fourth-order valence-electron chi connectivity index (χ4n) is 2.47. The first-order valence-corrected chi connectivity index (χ1v) is 8.04. The lowest BCUT2D eigenvalue weighted by molar-refractivity contribution is 0.105. The van der Waals surface area contributed by atoms with E-state index < -0.39 is 10.0 Å². The molecule has 106 valence electrons. The summed E-state index contributed by atoms with van der Waals surface area (Å²) >= 11 is 0. The van der Waals surface area contributed by atoms with Crippen molar-refractivity contribution in [3.63, 3.8) is 0 Å². The van der Waals surface area contributed by atoms with Gasteiger partial charge in [-0.05, 0) is 49.4 Å². The van der Waals surface area contributed by atoms with Gasteiger partial charge < -0.3 is 10.4 Å². The monoisotopic (exact) mass is 284 g/mol. The first-order valence-electron chi connectivity index (χ1n) is 6.50. The van der Waals surface area contributed by atoms with E-state index in [-0.39, 0.29) is 11.0 Å². The van der Waals surface area contributed by atoms with Crippen molar-refractivity contribution in [3.05, 3.63) is 24.3 Å². The van der Waals surface area contributed by atoms with E-state index in [1.54, 1.807) is 12.1 Å². The van der Waals surface area contributed by atoms with Crippen molar-refractivity contribution in [2.75, 3.05) is 11.9 Å². The Morgan fingerprint density at radius 3 is 2.53 bits per heavy atom. The molecular formula is C13H20N2O3S. The molecule has 0 spiro atoms. The smallest absolute Gasteiger partial charge is 0.238 e. The quantitative estimate of drug-likeness (QED) is 0.777. The molecule has 0 heterocycles. The molecule has 5 nitrogen and oxygen atoms in total. The number of hydrogen-bond donors (Lipinski definition) is 3. The SMILES string of the molecule is NS(=O)(=O)c1ccc(NCC2CCCC(O)C2)cc1. The molecule has 0 aromatic heterocycles. The van der Waals surface area contributed by atoms with Crippen LogP contribution in [0.25, 0.3) is 0 Å². The van der Waals surface area contributed by atoms with Gasteiger partial charge >= 0.3 is 0 Å². The molecule has 0 bridgehead atoms. The van der Waals surface area contributed by atoms with Crippen LogP contribution in [0.1, 0.15) is 25.7 Å². The predicted octanol–water partition coefficient (Wildman–Crippen LogP) is 1.30. The highest BCUT2D eigenvalue weighted by molar-refractivity contribution is 7.89. The van der Waals surface area contributed by atoms with Crippen LogP contribution in [-0.4, -0.2) is 26.2 Å². The lowest BCUT2D eigenvalue weighted by atomic mass is 9.87. The molecule has 2 atom stereocenters. The number of sulfonamides is 1. The minimum Gasteiger partial charge on any atom is -0.393 e. The highest BCUT2D eigenvalue weighted by Gasteiger charge is 2.19. The van der Waals surface area contributed by atoms with Crippen LogP contribution in [0.3, 0.4) is 0 Å². The van der Waals surface area contributed by atoms with Gasteiger partial charge in [0.25, 0.3) is 0 Å². The summed E-state index contributed by atoms with van der Waals surface area (Å²) < 4.78 is 22.2. The minimum absolute atomic E-state index is 0.117. The average molecular weight is 284 g/mol. The summed E-state index contributed by atoms with van der Waals surface area (Å²) in [5.41, 5.74) is 0.868. The Bertz CT molecular complexity index is 513. The van der Waals surface area contributed by atoms with E-state index in [0.717, 1.165) is 37.9 Å². The van der Waals surface area contributed by atoms with E-state index in [4.69, 9.17) is 5.14 Å². The maximum absolute atomic E-state index is 11.1. The zero-order valence-electron chi connectivity index (χ0n) is 10.7. The minimum atomic E-state index is -3.62. The number of primary sulfonamides is 1. The molecule has 1 fully saturated rings. The molecule has 2 unspecified atom stereocenters. The van der Waals surface area contributed by atoms with Crippen molar-refractivity contribution in [3.8, 4) is 0 Å². The van der Waals surface area contributed by atoms with Gasteiger partial charge in [0.15, 0.2) is 0 Å². The third-order valence-corrected chi connectivity index (χ3v) is 4.46. The van der Waals surface area contributed by atoms with Crippen LogP contribution in [0.5, 0.6) is 0 Å². The molecule has 1 aromatic rings. The van der Waals surface area contributed by atoms with E-state index in [1.807, 2.05) is 0 Å². The lowest BCUT2D eigenvalue weighted by Gasteiger charge is -2.26. The Morgan fingerprint density at radius 1 is 1.26 bits per heavy atom. The molecule has 0 saturated heterocycles. The third-order valence-electron chi connectivity index (χ3n) is 3.53. The fraction of sp³-hybridized carbons (Fsp3) is 0.538. The Hall–Kier alpha value is -1.11. The Balaban J connectivity index is 1.89. The van der Waals surface area contributed by atoms with E-state index in [0.29, 0.717) is 5.92 Å². The molecule has 1 aromatic carbocycles. The van der Waals surface area contributed by atoms with Gasteiger partial charge in [-0.25, -0.2) is 13.6 Å². The topological polar surface area (TPSA) is 92.4 Å². The zero-order chi connectivity index (χ0) is 13.9. The molecule has 1 saturated carbocycles. The lowest BCUT2D eigenvalue weighted by Crippen LogP contribution is -2.25. The second-order valence-electron chi connectivity index (χ2n) is 5.14. The number of anilines is 1. The predicted molar refractivity (Wildman–Crippen MR) is 74.3 cm³/mol. The summed E-state index contributed by atoms with van der Waals surface area (Å²) in [7, 11) is -3.62. The maximum atomic E-state index is 11.1. The molecule has 0 amide bonds. The van der Waals surface area contributed by atoms with Crippen molar-refractivity contribution in [2.24, 2.45) is 11.1 Å². The van der Waals surface area contributed by atoms with Crippen LogP contribution >= 0.6 is 0 Å². The number of nitrogens with one attached hydrogen (secondary N) is 1. The van der Waals surface area contributed by atoms with Crippen molar-refractivity contribution in [1.29, 1.82) is 0 Å². The van der Waals surface area contributed by atoms with Gasteiger partial charge in [0.1, 0.15) is 0 Å². The van der Waals surface area contributed by atoms with Crippen LogP contribution in [0.15, 0.2) is 29.2 Å². The maximum Gasteiger partial charge on any atom is 0.238 e. The van der Waals surface area contributed by atoms with E-state index in [9.17, 15) is 13.5 Å². The highest BCUT2D eigenvalue weighted by Crippen LogP contribution is 2.24. The van der Waals surface area contributed by atoms with E-state index in [1.165, 1.54) is 12.1 Å². The summed E-state index contributed by atoms with van der Waals surface area (Å²) in [5, 5.41) is 17.9. The number of nitrogens with two attached hydrogens (primary N) is 1. The summed E-state index contributed by atoms with van der Waals surface area (Å²) in [6.45, 7) is 0.797. The van der Waals surface area contributed by atoms with Crippen LogP contribution in [-0.2, 0) is 10.0 Å². The largest absolute Gasteiger partial charge is 0.393 e. The van der Waals surface area contributed by atoms with Crippen molar-refractivity contribution >= 4 is 15.7 Å². The van der Waals surface area contributed by atoms with E-state index in [2.05, 4.69) is 5.32 Å². The Morgan fingerprint density at radius 2 is 1.95 bits per heavy atom.